The maximum Gasteiger partial charge on any atom is 0.153 e. The van der Waals surface area contributed by atoms with Crippen molar-refractivity contribution in [3.05, 3.63) is 0 Å². The predicted molar refractivity (Wildman–Crippen MR) is 49.2 cm³/mol. The molecule has 2 fully saturated rings. The maximum atomic E-state index is 11.3. The van der Waals surface area contributed by atoms with Crippen molar-refractivity contribution in [3.8, 4) is 0 Å². The normalized spacial score (nSPS) is 43.9. The molecule has 2 aliphatic rings. The van der Waals surface area contributed by atoms with Gasteiger partial charge in [-0.1, -0.05) is 0 Å². The summed E-state index contributed by atoms with van der Waals surface area (Å²) < 4.78 is 28.2. The smallest absolute Gasteiger partial charge is 0.153 e. The third-order valence-electron chi connectivity index (χ3n) is 2.88. The number of sulfone groups is 1. The quantitative estimate of drug-likeness (QED) is 0.588. The fraction of sp³-hybridized carbons (Fsp3) is 1.00. The van der Waals surface area contributed by atoms with E-state index >= 15 is 0 Å². The summed E-state index contributed by atoms with van der Waals surface area (Å²) in [6, 6.07) is 0.113. The van der Waals surface area contributed by atoms with Crippen molar-refractivity contribution in [2.75, 3.05) is 18.1 Å². The van der Waals surface area contributed by atoms with Crippen LogP contribution in [0.1, 0.15) is 19.3 Å². The van der Waals surface area contributed by atoms with Crippen LogP contribution in [0.25, 0.3) is 0 Å². The van der Waals surface area contributed by atoms with Crippen molar-refractivity contribution >= 4 is 9.84 Å². The molecule has 0 aliphatic carbocycles. The molecule has 2 N–H and O–H groups in total. The van der Waals surface area contributed by atoms with Gasteiger partial charge in [-0.25, -0.2) is 8.42 Å². The van der Waals surface area contributed by atoms with Crippen molar-refractivity contribution in [2.24, 2.45) is 5.73 Å². The Labute approximate surface area is 78.4 Å². The zero-order chi connectivity index (χ0) is 9.53. The van der Waals surface area contributed by atoms with E-state index in [0.29, 0.717) is 19.4 Å². The molecule has 0 saturated carbocycles. The Kier molecular flexibility index (Phi) is 2.13. The molecule has 4 nitrogen and oxygen atoms in total. The molecule has 2 heterocycles. The van der Waals surface area contributed by atoms with Crippen molar-refractivity contribution in [2.45, 2.75) is 30.9 Å². The second-order valence-electron chi connectivity index (χ2n) is 4.13. The van der Waals surface area contributed by atoms with Crippen LogP contribution < -0.4 is 5.73 Å². The SMILES string of the molecule is N[C@@H]1CCO[C@]2(CCS(=O)(=O)C2)C1. The summed E-state index contributed by atoms with van der Waals surface area (Å²) in [5, 5.41) is 0. The number of nitrogens with two attached hydrogens (primary N) is 1. The highest BCUT2D eigenvalue weighted by atomic mass is 32.2. The number of ether oxygens (including phenoxy) is 1. The first kappa shape index (κ1) is 9.43. The monoisotopic (exact) mass is 205 g/mol. The van der Waals surface area contributed by atoms with Gasteiger partial charge >= 0.3 is 0 Å². The lowest BCUT2D eigenvalue weighted by molar-refractivity contribution is -0.0656. The van der Waals surface area contributed by atoms with Gasteiger partial charge in [-0.3, -0.25) is 0 Å². The Balaban J connectivity index is 2.14. The molecule has 2 aliphatic heterocycles. The van der Waals surface area contributed by atoms with Crippen LogP contribution in [0.3, 0.4) is 0 Å². The van der Waals surface area contributed by atoms with Crippen LogP contribution in [0.15, 0.2) is 0 Å². The standard InChI is InChI=1S/C8H15NO3S/c9-7-1-3-12-8(5-7)2-4-13(10,11)6-8/h7H,1-6,9H2/t7-,8-/m1/s1. The molecule has 5 heteroatoms. The van der Waals surface area contributed by atoms with Gasteiger partial charge in [0.1, 0.15) is 0 Å². The van der Waals surface area contributed by atoms with Gasteiger partial charge in [0.05, 0.1) is 17.1 Å². The second kappa shape index (κ2) is 2.93. The Morgan fingerprint density at radius 2 is 2.23 bits per heavy atom. The fourth-order valence-electron chi connectivity index (χ4n) is 2.23. The lowest BCUT2D eigenvalue weighted by Gasteiger charge is -2.35. The summed E-state index contributed by atoms with van der Waals surface area (Å²) in [7, 11) is -2.86. The van der Waals surface area contributed by atoms with Crippen molar-refractivity contribution < 1.29 is 13.2 Å². The van der Waals surface area contributed by atoms with Crippen LogP contribution in [-0.2, 0) is 14.6 Å². The van der Waals surface area contributed by atoms with E-state index in [2.05, 4.69) is 0 Å². The van der Waals surface area contributed by atoms with Crippen LogP contribution in [0, 0.1) is 0 Å². The van der Waals surface area contributed by atoms with E-state index in [9.17, 15) is 8.42 Å². The highest BCUT2D eigenvalue weighted by Crippen LogP contribution is 2.34. The molecule has 1 spiro atoms. The number of hydrogen-bond donors (Lipinski definition) is 1. The van der Waals surface area contributed by atoms with Gasteiger partial charge < -0.3 is 10.5 Å². The zero-order valence-electron chi connectivity index (χ0n) is 7.53. The van der Waals surface area contributed by atoms with Gasteiger partial charge in [0.15, 0.2) is 9.84 Å². The van der Waals surface area contributed by atoms with Gasteiger partial charge in [-0.2, -0.15) is 0 Å². The molecule has 2 atom stereocenters. The molecule has 0 aromatic carbocycles. The molecule has 0 aromatic rings. The summed E-state index contributed by atoms with van der Waals surface area (Å²) in [4.78, 5) is 0. The summed E-state index contributed by atoms with van der Waals surface area (Å²) in [6.45, 7) is 0.608. The zero-order valence-corrected chi connectivity index (χ0v) is 8.35. The molecule has 0 radical (unpaired) electrons. The maximum absolute atomic E-state index is 11.3. The molecule has 0 aromatic heterocycles. The Hall–Kier alpha value is -0.130. The largest absolute Gasteiger partial charge is 0.374 e. The van der Waals surface area contributed by atoms with Crippen molar-refractivity contribution in [1.29, 1.82) is 0 Å². The van der Waals surface area contributed by atoms with Crippen molar-refractivity contribution in [3.63, 3.8) is 0 Å². The highest BCUT2D eigenvalue weighted by molar-refractivity contribution is 7.91. The molecule has 2 saturated heterocycles. The van der Waals surface area contributed by atoms with Gasteiger partial charge in [-0.05, 0) is 19.3 Å². The third kappa shape index (κ3) is 1.87. The molecule has 76 valence electrons. The minimum absolute atomic E-state index is 0.113. The van der Waals surface area contributed by atoms with E-state index in [1.165, 1.54) is 0 Å². The average Bonchev–Trinajstić information content (AvgIpc) is 2.26. The summed E-state index contributed by atoms with van der Waals surface area (Å²) in [6.07, 6.45) is 2.18. The number of hydrogen-bond acceptors (Lipinski definition) is 4. The van der Waals surface area contributed by atoms with Crippen LogP contribution in [-0.4, -0.2) is 38.2 Å². The first-order valence-electron chi connectivity index (χ1n) is 4.61. The van der Waals surface area contributed by atoms with Crippen LogP contribution in [0.2, 0.25) is 0 Å². The lowest BCUT2D eigenvalue weighted by atomic mass is 9.90. The van der Waals surface area contributed by atoms with Crippen molar-refractivity contribution in [1.82, 2.24) is 0 Å². The first-order valence-corrected chi connectivity index (χ1v) is 6.44. The van der Waals surface area contributed by atoms with E-state index < -0.39 is 15.4 Å². The molecule has 13 heavy (non-hydrogen) atoms. The molecule has 0 unspecified atom stereocenters. The predicted octanol–water partition coefficient (Wildman–Crippen LogP) is -0.319. The molecule has 0 bridgehead atoms. The van der Waals surface area contributed by atoms with Crippen LogP contribution in [0.4, 0.5) is 0 Å². The molecular weight excluding hydrogens is 190 g/mol. The summed E-state index contributed by atoms with van der Waals surface area (Å²) in [5.74, 6) is 0.438. The van der Waals surface area contributed by atoms with Gasteiger partial charge in [0, 0.05) is 12.6 Å². The first-order chi connectivity index (χ1) is 6.02. The molecule has 0 amide bonds. The van der Waals surface area contributed by atoms with E-state index in [1.807, 2.05) is 0 Å². The topological polar surface area (TPSA) is 69.4 Å². The van der Waals surface area contributed by atoms with Gasteiger partial charge in [0.2, 0.25) is 0 Å². The Morgan fingerprint density at radius 1 is 1.46 bits per heavy atom. The van der Waals surface area contributed by atoms with Gasteiger partial charge in [0.25, 0.3) is 0 Å². The van der Waals surface area contributed by atoms with E-state index in [-0.39, 0.29) is 17.5 Å². The summed E-state index contributed by atoms with van der Waals surface area (Å²) in [5.41, 5.74) is 5.37. The molecular formula is C8H15NO3S. The van der Waals surface area contributed by atoms with E-state index in [4.69, 9.17) is 10.5 Å². The van der Waals surface area contributed by atoms with Crippen LogP contribution >= 0.6 is 0 Å². The minimum atomic E-state index is -2.86. The van der Waals surface area contributed by atoms with E-state index in [0.717, 1.165) is 6.42 Å². The second-order valence-corrected chi connectivity index (χ2v) is 6.31. The molecule has 2 rings (SSSR count). The Bertz CT molecular complexity index is 301. The van der Waals surface area contributed by atoms with E-state index in [1.54, 1.807) is 0 Å². The lowest BCUT2D eigenvalue weighted by Crippen LogP contribution is -2.45. The Morgan fingerprint density at radius 3 is 2.77 bits per heavy atom. The van der Waals surface area contributed by atoms with Crippen LogP contribution in [0.5, 0.6) is 0 Å². The third-order valence-corrected chi connectivity index (χ3v) is 4.67. The average molecular weight is 205 g/mol. The number of rotatable bonds is 0. The highest BCUT2D eigenvalue weighted by Gasteiger charge is 2.45. The van der Waals surface area contributed by atoms with Gasteiger partial charge in [-0.15, -0.1) is 0 Å². The minimum Gasteiger partial charge on any atom is -0.374 e. The fourth-order valence-corrected chi connectivity index (χ4v) is 4.20. The summed E-state index contributed by atoms with van der Waals surface area (Å²) >= 11 is 0.